The molecule has 0 aliphatic carbocycles. The van der Waals surface area contributed by atoms with Crippen LogP contribution in [0.3, 0.4) is 0 Å². The molecule has 0 spiro atoms. The molecular formula is C5H9I2NO2. The van der Waals surface area contributed by atoms with Gasteiger partial charge in [-0.15, -0.1) is 0 Å². The zero-order chi connectivity index (χ0) is 7.61. The first-order valence-electron chi connectivity index (χ1n) is 2.98. The molecular weight excluding hydrogens is 360 g/mol. The Hall–Kier alpha value is 1.34. The minimum absolute atomic E-state index is 0.207. The van der Waals surface area contributed by atoms with Crippen molar-refractivity contribution < 1.29 is 9.47 Å². The molecule has 1 heterocycles. The van der Waals surface area contributed by atoms with E-state index in [2.05, 4.69) is 49.0 Å². The number of hydrogen-bond donors (Lipinski definition) is 1. The lowest BCUT2D eigenvalue weighted by atomic mass is 10.4. The Labute approximate surface area is 87.9 Å². The van der Waals surface area contributed by atoms with E-state index in [0.29, 0.717) is 6.61 Å². The maximum absolute atomic E-state index is 5.49. The molecule has 1 aliphatic heterocycles. The zero-order valence-electron chi connectivity index (χ0n) is 5.56. The van der Waals surface area contributed by atoms with Crippen molar-refractivity contribution in [2.45, 2.75) is 16.8 Å². The van der Waals surface area contributed by atoms with Crippen LogP contribution < -0.4 is 3.53 Å². The predicted octanol–water partition coefficient (Wildman–Crippen LogP) is 1.45. The molecule has 1 rings (SSSR count). The molecule has 60 valence electrons. The van der Waals surface area contributed by atoms with Gasteiger partial charge >= 0.3 is 0 Å². The van der Waals surface area contributed by atoms with Gasteiger partial charge in [-0.3, -0.25) is 3.53 Å². The zero-order valence-corrected chi connectivity index (χ0v) is 9.88. The van der Waals surface area contributed by atoms with E-state index in [1.807, 2.05) is 6.92 Å². The Kier molecular flexibility index (Phi) is 3.61. The van der Waals surface area contributed by atoms with Crippen LogP contribution >= 0.6 is 45.5 Å². The van der Waals surface area contributed by atoms with E-state index >= 15 is 0 Å². The first-order chi connectivity index (χ1) is 4.64. The Morgan fingerprint density at radius 1 is 1.80 bits per heavy atom. The lowest BCUT2D eigenvalue weighted by molar-refractivity contribution is -0.0573. The van der Waals surface area contributed by atoms with Gasteiger partial charge in [-0.2, -0.15) is 0 Å². The number of ether oxygens (including phenoxy) is 2. The quantitative estimate of drug-likeness (QED) is 0.454. The first-order valence-corrected chi connectivity index (χ1v) is 5.14. The Bertz CT molecular complexity index is 120. The van der Waals surface area contributed by atoms with Crippen LogP contribution in [0.2, 0.25) is 0 Å². The third-order valence-electron chi connectivity index (χ3n) is 1.21. The summed E-state index contributed by atoms with van der Waals surface area (Å²) in [6.45, 7) is 3.45. The Morgan fingerprint density at radius 2 is 2.50 bits per heavy atom. The monoisotopic (exact) mass is 369 g/mol. The van der Waals surface area contributed by atoms with Gasteiger partial charge in [-0.05, 0) is 29.5 Å². The van der Waals surface area contributed by atoms with Crippen LogP contribution in [0.15, 0.2) is 0 Å². The molecule has 5 heteroatoms. The van der Waals surface area contributed by atoms with Gasteiger partial charge in [0, 0.05) is 29.4 Å². The first kappa shape index (κ1) is 9.43. The second-order valence-corrected chi connectivity index (χ2v) is 4.95. The molecule has 10 heavy (non-hydrogen) atoms. The van der Waals surface area contributed by atoms with Crippen molar-refractivity contribution in [2.75, 3.05) is 13.2 Å². The highest BCUT2D eigenvalue weighted by molar-refractivity contribution is 14.1. The van der Waals surface area contributed by atoms with Gasteiger partial charge in [0.05, 0.1) is 12.7 Å². The standard InChI is InChI=1S/C5H9I2NO2/c1-5(6)9-3-4(10-5)2-8-7/h4,8H,2-3H2,1H3. The van der Waals surface area contributed by atoms with E-state index < -0.39 is 3.79 Å². The van der Waals surface area contributed by atoms with Crippen molar-refractivity contribution in [1.82, 2.24) is 3.53 Å². The van der Waals surface area contributed by atoms with Crippen LogP contribution in [-0.4, -0.2) is 23.0 Å². The number of halogens is 2. The van der Waals surface area contributed by atoms with E-state index in [-0.39, 0.29) is 6.10 Å². The Morgan fingerprint density at radius 3 is 2.90 bits per heavy atom. The molecule has 0 aromatic rings. The normalized spacial score (nSPS) is 40.5. The molecule has 0 radical (unpaired) electrons. The van der Waals surface area contributed by atoms with Crippen molar-refractivity contribution in [1.29, 1.82) is 0 Å². The fraction of sp³-hybridized carbons (Fsp3) is 1.00. The van der Waals surface area contributed by atoms with Gasteiger partial charge in [-0.1, -0.05) is 0 Å². The second-order valence-electron chi connectivity index (χ2n) is 2.22. The lowest BCUT2D eigenvalue weighted by Crippen LogP contribution is -2.24. The van der Waals surface area contributed by atoms with E-state index in [0.717, 1.165) is 6.54 Å². The second kappa shape index (κ2) is 3.83. The van der Waals surface area contributed by atoms with Gasteiger partial charge in [0.2, 0.25) is 3.79 Å². The van der Waals surface area contributed by atoms with Crippen molar-refractivity contribution in [3.05, 3.63) is 0 Å². The average Bonchev–Trinajstić information content (AvgIpc) is 2.12. The van der Waals surface area contributed by atoms with E-state index in [1.54, 1.807) is 0 Å². The van der Waals surface area contributed by atoms with Gasteiger partial charge < -0.3 is 9.47 Å². The van der Waals surface area contributed by atoms with Gasteiger partial charge in [0.15, 0.2) is 0 Å². The highest BCUT2D eigenvalue weighted by atomic mass is 127. The molecule has 0 aromatic carbocycles. The number of alkyl halides is 1. The summed E-state index contributed by atoms with van der Waals surface area (Å²) < 4.78 is 13.4. The molecule has 0 amide bonds. The van der Waals surface area contributed by atoms with E-state index in [1.165, 1.54) is 0 Å². The number of nitrogens with one attached hydrogen (secondary N) is 1. The lowest BCUT2D eigenvalue weighted by Gasteiger charge is -2.14. The summed E-state index contributed by atoms with van der Waals surface area (Å²) in [6.07, 6.45) is 0.207. The van der Waals surface area contributed by atoms with Gasteiger partial charge in [-0.25, -0.2) is 0 Å². The molecule has 2 unspecified atom stereocenters. The summed E-state index contributed by atoms with van der Waals surface area (Å²) in [5, 5.41) is 0. The third kappa shape index (κ3) is 2.76. The van der Waals surface area contributed by atoms with E-state index in [4.69, 9.17) is 9.47 Å². The number of rotatable bonds is 2. The summed E-state index contributed by atoms with van der Waals surface area (Å²) in [4.78, 5) is 0. The molecule has 3 nitrogen and oxygen atoms in total. The minimum atomic E-state index is -0.407. The molecule has 0 saturated carbocycles. The molecule has 1 aliphatic rings. The van der Waals surface area contributed by atoms with Crippen molar-refractivity contribution in [3.63, 3.8) is 0 Å². The summed E-state index contributed by atoms with van der Waals surface area (Å²) in [5.41, 5.74) is 0. The average molecular weight is 369 g/mol. The fourth-order valence-corrected chi connectivity index (χ4v) is 1.82. The van der Waals surface area contributed by atoms with Gasteiger partial charge in [0.1, 0.15) is 0 Å². The van der Waals surface area contributed by atoms with Crippen LogP contribution in [0.4, 0.5) is 0 Å². The Balaban J connectivity index is 2.29. The molecule has 0 aromatic heterocycles. The minimum Gasteiger partial charge on any atom is -0.339 e. The van der Waals surface area contributed by atoms with Crippen LogP contribution in [-0.2, 0) is 9.47 Å². The van der Waals surface area contributed by atoms with E-state index in [9.17, 15) is 0 Å². The molecule has 1 fully saturated rings. The maximum Gasteiger partial charge on any atom is 0.218 e. The molecule has 0 bridgehead atoms. The summed E-state index contributed by atoms with van der Waals surface area (Å²) in [7, 11) is 0. The number of hydrogen-bond acceptors (Lipinski definition) is 3. The SMILES string of the molecule is CC1(I)OCC(CNI)O1. The van der Waals surface area contributed by atoms with Crippen molar-refractivity contribution in [2.24, 2.45) is 0 Å². The van der Waals surface area contributed by atoms with Crippen LogP contribution in [0.25, 0.3) is 0 Å². The van der Waals surface area contributed by atoms with Crippen LogP contribution in [0.1, 0.15) is 6.92 Å². The van der Waals surface area contributed by atoms with Crippen LogP contribution in [0, 0.1) is 0 Å². The summed E-state index contributed by atoms with van der Waals surface area (Å²) in [5.74, 6) is 0. The topological polar surface area (TPSA) is 30.5 Å². The van der Waals surface area contributed by atoms with Crippen LogP contribution in [0.5, 0.6) is 0 Å². The highest BCUT2D eigenvalue weighted by Gasteiger charge is 2.33. The summed E-state index contributed by atoms with van der Waals surface area (Å²) in [6, 6.07) is 0. The fourth-order valence-electron chi connectivity index (χ4n) is 0.794. The predicted molar refractivity (Wildman–Crippen MR) is 55.3 cm³/mol. The van der Waals surface area contributed by atoms with Crippen molar-refractivity contribution in [3.8, 4) is 0 Å². The van der Waals surface area contributed by atoms with Gasteiger partial charge in [0.25, 0.3) is 0 Å². The molecule has 1 saturated heterocycles. The smallest absolute Gasteiger partial charge is 0.218 e. The molecule has 2 atom stereocenters. The maximum atomic E-state index is 5.49. The largest absolute Gasteiger partial charge is 0.339 e. The molecule has 1 N–H and O–H groups in total. The van der Waals surface area contributed by atoms with Crippen molar-refractivity contribution >= 4 is 45.5 Å². The highest BCUT2D eigenvalue weighted by Crippen LogP contribution is 2.29. The summed E-state index contributed by atoms with van der Waals surface area (Å²) >= 11 is 4.25. The third-order valence-corrected chi connectivity index (χ3v) is 2.22.